The average molecular weight is 914 g/mol. The number of hydrogen-bond acceptors (Lipinski definition) is 3. The molecule has 0 atom stereocenters. The first kappa shape index (κ1) is 45.7. The fourth-order valence-electron chi connectivity index (χ4n) is 11.3. The van der Waals surface area contributed by atoms with Crippen molar-refractivity contribution in [3.05, 3.63) is 203 Å². The van der Waals surface area contributed by atoms with Gasteiger partial charge in [0.2, 0.25) is 0 Å². The van der Waals surface area contributed by atoms with Crippen LogP contribution in [0.5, 0.6) is 0 Å². The Hall–Kier alpha value is -6.78. The SMILES string of the molecule is Cc1cc2c3c(c1)N(c1ccc4c(c1)Cc1ccccc1-4)c1cc(C(C)(C)C)ccc1B3c1ccc(N(c3ccc(C(C)(C)C)cc3)c3ccc(C(C)(C)C)cc3)cc1N2c1ccc(C(C)(C)C)cc1. The summed E-state index contributed by atoms with van der Waals surface area (Å²) < 4.78 is 0. The number of rotatable bonds is 5. The van der Waals surface area contributed by atoms with Crippen LogP contribution in [0.1, 0.15) is 122 Å². The van der Waals surface area contributed by atoms with E-state index in [1.165, 1.54) is 94.9 Å². The maximum atomic E-state index is 2.60. The Morgan fingerprint density at radius 3 is 1.39 bits per heavy atom. The van der Waals surface area contributed by atoms with Crippen LogP contribution in [0.25, 0.3) is 11.1 Å². The van der Waals surface area contributed by atoms with Crippen LogP contribution in [-0.2, 0) is 28.1 Å². The zero-order chi connectivity index (χ0) is 49.2. The van der Waals surface area contributed by atoms with Gasteiger partial charge in [0.05, 0.1) is 0 Å². The lowest BCUT2D eigenvalue weighted by Crippen LogP contribution is -2.61. The van der Waals surface area contributed by atoms with E-state index < -0.39 is 0 Å². The lowest BCUT2D eigenvalue weighted by Gasteiger charge is -2.45. The molecule has 0 aromatic heterocycles. The van der Waals surface area contributed by atoms with Crippen molar-refractivity contribution < 1.29 is 0 Å². The molecule has 8 aromatic rings. The van der Waals surface area contributed by atoms with Crippen molar-refractivity contribution in [1.82, 2.24) is 0 Å². The van der Waals surface area contributed by atoms with Crippen LogP contribution in [0, 0.1) is 6.92 Å². The van der Waals surface area contributed by atoms with Gasteiger partial charge in [0, 0.05) is 51.2 Å². The van der Waals surface area contributed by atoms with Crippen LogP contribution in [0.4, 0.5) is 51.2 Å². The third-order valence-electron chi connectivity index (χ3n) is 15.3. The van der Waals surface area contributed by atoms with Crippen LogP contribution in [0.3, 0.4) is 0 Å². The second-order valence-electron chi connectivity index (χ2n) is 24.5. The summed E-state index contributed by atoms with van der Waals surface area (Å²) in [4.78, 5) is 7.62. The molecule has 0 bridgehead atoms. The van der Waals surface area contributed by atoms with E-state index in [-0.39, 0.29) is 28.4 Å². The average Bonchev–Trinajstić information content (AvgIpc) is 3.68. The second kappa shape index (κ2) is 16.1. The standard InChI is InChI=1S/C66H68BN3/c1-42-36-60-62-61(37-42)70(52-31-33-55-44(39-52)38-43-16-14-15-17-54(43)55)58-40-48(66(11,12)13)24-34-56(58)67(62)57-35-32-53(41-59(57)69(60)51-29-22-47(23-30-51)65(8,9)10)68(49-25-18-45(19-26-49)63(2,3)4)50-27-20-46(21-28-50)64(5,6)7/h14-37,39-41H,38H2,1-13H3. The Morgan fingerprint density at radius 2 is 0.829 bits per heavy atom. The van der Waals surface area contributed by atoms with Crippen LogP contribution in [0.2, 0.25) is 0 Å². The van der Waals surface area contributed by atoms with E-state index in [9.17, 15) is 0 Å². The van der Waals surface area contributed by atoms with Gasteiger partial charge >= 0.3 is 0 Å². The summed E-state index contributed by atoms with van der Waals surface area (Å²) in [6, 6.07) is 63.5. The molecule has 0 amide bonds. The van der Waals surface area contributed by atoms with E-state index in [0.29, 0.717) is 0 Å². The highest BCUT2D eigenvalue weighted by molar-refractivity contribution is 7.00. The molecule has 0 saturated heterocycles. The number of nitrogens with zero attached hydrogens (tertiary/aromatic N) is 3. The minimum absolute atomic E-state index is 0.00397. The van der Waals surface area contributed by atoms with Crippen molar-refractivity contribution in [3.63, 3.8) is 0 Å². The van der Waals surface area contributed by atoms with Gasteiger partial charge in [0.25, 0.3) is 6.71 Å². The molecule has 2 aliphatic heterocycles. The summed E-state index contributed by atoms with van der Waals surface area (Å²) in [5.74, 6) is 0. The quantitative estimate of drug-likeness (QED) is 0.159. The molecule has 3 nitrogen and oxygen atoms in total. The Kier molecular flexibility index (Phi) is 10.5. The first-order valence-corrected chi connectivity index (χ1v) is 25.5. The lowest BCUT2D eigenvalue weighted by molar-refractivity contribution is 0.590. The van der Waals surface area contributed by atoms with Crippen molar-refractivity contribution in [2.75, 3.05) is 14.7 Å². The van der Waals surface area contributed by atoms with Gasteiger partial charge in [-0.3, -0.25) is 0 Å². The largest absolute Gasteiger partial charge is 0.311 e. The molecule has 8 aromatic carbocycles. The molecular formula is C66H68BN3. The third-order valence-corrected chi connectivity index (χ3v) is 15.3. The molecule has 0 saturated carbocycles. The van der Waals surface area contributed by atoms with E-state index >= 15 is 0 Å². The lowest BCUT2D eigenvalue weighted by atomic mass is 9.33. The molecule has 0 spiro atoms. The number of fused-ring (bicyclic) bond motifs is 7. The molecule has 1 aliphatic carbocycles. The Balaban J connectivity index is 1.16. The maximum absolute atomic E-state index is 2.60. The number of hydrogen-bond donors (Lipinski definition) is 0. The minimum Gasteiger partial charge on any atom is -0.311 e. The van der Waals surface area contributed by atoms with Gasteiger partial charge in [-0.25, -0.2) is 0 Å². The van der Waals surface area contributed by atoms with Gasteiger partial charge < -0.3 is 14.7 Å². The van der Waals surface area contributed by atoms with E-state index in [2.05, 4.69) is 269 Å². The first-order chi connectivity index (χ1) is 33.1. The van der Waals surface area contributed by atoms with Crippen molar-refractivity contribution in [1.29, 1.82) is 0 Å². The molecule has 11 rings (SSSR count). The normalized spacial score (nSPS) is 13.9. The number of aryl methyl sites for hydroxylation is 1. The monoisotopic (exact) mass is 914 g/mol. The van der Waals surface area contributed by atoms with Gasteiger partial charge in [0.1, 0.15) is 0 Å². The molecular weight excluding hydrogens is 846 g/mol. The summed E-state index contributed by atoms with van der Waals surface area (Å²) in [7, 11) is 0. The fraction of sp³-hybridized carbons (Fsp3) is 0.273. The van der Waals surface area contributed by atoms with Gasteiger partial charge in [-0.15, -0.1) is 0 Å². The second-order valence-corrected chi connectivity index (χ2v) is 24.5. The predicted molar refractivity (Wildman–Crippen MR) is 303 cm³/mol. The maximum Gasteiger partial charge on any atom is 0.252 e. The highest BCUT2D eigenvalue weighted by Crippen LogP contribution is 2.49. The van der Waals surface area contributed by atoms with Crippen LogP contribution in [-0.4, -0.2) is 6.71 Å². The Bertz CT molecular complexity index is 3280. The molecule has 0 N–H and O–H groups in total. The summed E-state index contributed by atoms with van der Waals surface area (Å²) in [6.45, 7) is 30.0. The number of anilines is 9. The highest BCUT2D eigenvalue weighted by atomic mass is 15.2. The molecule has 2 heterocycles. The van der Waals surface area contributed by atoms with Gasteiger partial charge in [0.15, 0.2) is 0 Å². The van der Waals surface area contributed by atoms with E-state index in [1.54, 1.807) is 0 Å². The zero-order valence-corrected chi connectivity index (χ0v) is 43.7. The van der Waals surface area contributed by atoms with Crippen LogP contribution in [0.15, 0.2) is 164 Å². The third kappa shape index (κ3) is 7.75. The van der Waals surface area contributed by atoms with E-state index in [4.69, 9.17) is 0 Å². The molecule has 4 heteroatoms. The first-order valence-electron chi connectivity index (χ1n) is 25.5. The minimum atomic E-state index is -0.0344. The van der Waals surface area contributed by atoms with Crippen molar-refractivity contribution in [2.24, 2.45) is 0 Å². The van der Waals surface area contributed by atoms with Crippen LogP contribution < -0.4 is 31.1 Å². The topological polar surface area (TPSA) is 9.72 Å². The van der Waals surface area contributed by atoms with Crippen molar-refractivity contribution >= 4 is 74.3 Å². The Morgan fingerprint density at radius 1 is 0.386 bits per heavy atom. The van der Waals surface area contributed by atoms with E-state index in [0.717, 1.165) is 29.2 Å². The predicted octanol–water partition coefficient (Wildman–Crippen LogP) is 16.3. The fourth-order valence-corrected chi connectivity index (χ4v) is 11.3. The Labute approximate surface area is 418 Å². The van der Waals surface area contributed by atoms with Gasteiger partial charge in [-0.1, -0.05) is 168 Å². The zero-order valence-electron chi connectivity index (χ0n) is 43.7. The molecule has 0 unspecified atom stereocenters. The van der Waals surface area contributed by atoms with Gasteiger partial charge in [-0.2, -0.15) is 0 Å². The number of benzene rings is 8. The summed E-state index contributed by atoms with van der Waals surface area (Å²) >= 11 is 0. The summed E-state index contributed by atoms with van der Waals surface area (Å²) in [5.41, 5.74) is 26.8. The molecule has 0 radical (unpaired) electrons. The molecule has 3 aliphatic rings. The van der Waals surface area contributed by atoms with Crippen LogP contribution >= 0.6 is 0 Å². The van der Waals surface area contributed by atoms with Crippen molar-refractivity contribution in [3.8, 4) is 11.1 Å². The van der Waals surface area contributed by atoms with Crippen molar-refractivity contribution in [2.45, 2.75) is 118 Å². The molecule has 70 heavy (non-hydrogen) atoms. The smallest absolute Gasteiger partial charge is 0.252 e. The summed E-state index contributed by atoms with van der Waals surface area (Å²) in [5, 5.41) is 0. The molecule has 0 fully saturated rings. The van der Waals surface area contributed by atoms with E-state index in [1.807, 2.05) is 0 Å². The summed E-state index contributed by atoms with van der Waals surface area (Å²) in [6.07, 6.45) is 0.948. The molecule has 350 valence electrons. The highest BCUT2D eigenvalue weighted by Gasteiger charge is 2.44. The van der Waals surface area contributed by atoms with Gasteiger partial charge in [-0.05, 0) is 180 Å².